The van der Waals surface area contributed by atoms with Gasteiger partial charge in [0.1, 0.15) is 24.6 Å². The molecule has 7 heteroatoms. The number of unbranched alkanes of at least 4 members (excludes halogenated alkanes) is 1. The first-order chi connectivity index (χ1) is 19.5. The van der Waals surface area contributed by atoms with Gasteiger partial charge in [0.2, 0.25) is 0 Å². The highest BCUT2D eigenvalue weighted by molar-refractivity contribution is 5.95. The van der Waals surface area contributed by atoms with Crippen LogP contribution in [0.15, 0.2) is 66.7 Å². The smallest absolute Gasteiger partial charge is 0.313 e. The third kappa shape index (κ3) is 9.04. The normalized spacial score (nSPS) is 13.3. The Kier molecular flexibility index (Phi) is 10.8. The van der Waals surface area contributed by atoms with Crippen molar-refractivity contribution < 1.29 is 23.5 Å². The molecule has 0 bridgehead atoms. The Labute approximate surface area is 235 Å². The van der Waals surface area contributed by atoms with E-state index in [1.165, 1.54) is 18.7 Å². The molecular weight excluding hydrogens is 507 g/mol. The van der Waals surface area contributed by atoms with Gasteiger partial charge >= 0.3 is 5.97 Å². The van der Waals surface area contributed by atoms with Gasteiger partial charge < -0.3 is 14.8 Å². The maximum atomic E-state index is 14.7. The summed E-state index contributed by atoms with van der Waals surface area (Å²) < 4.78 is 25.0. The summed E-state index contributed by atoms with van der Waals surface area (Å²) in [6.45, 7) is 1.25. The van der Waals surface area contributed by atoms with Crippen molar-refractivity contribution in [2.45, 2.75) is 58.0 Å². The van der Waals surface area contributed by atoms with Gasteiger partial charge in [-0.3, -0.25) is 9.59 Å². The molecule has 0 unspecified atom stereocenters. The van der Waals surface area contributed by atoms with Crippen molar-refractivity contribution in [3.63, 3.8) is 0 Å². The minimum atomic E-state index is -0.534. The van der Waals surface area contributed by atoms with E-state index in [4.69, 9.17) is 9.72 Å². The Morgan fingerprint density at radius 2 is 1.95 bits per heavy atom. The number of anilines is 1. The number of halogens is 1. The molecule has 1 aliphatic rings. The zero-order chi connectivity index (χ0) is 28.2. The lowest BCUT2D eigenvalue weighted by Crippen LogP contribution is -2.14. The van der Waals surface area contributed by atoms with Gasteiger partial charge in [0.15, 0.2) is 11.6 Å². The fourth-order valence-corrected chi connectivity index (χ4v) is 4.81. The minimum absolute atomic E-state index is 0.0765. The molecule has 210 valence electrons. The quantitative estimate of drug-likeness (QED) is 0.138. The molecule has 1 aromatic heterocycles. The number of carbonyl (C=O) groups excluding carboxylic acids is 2. The van der Waals surface area contributed by atoms with Crippen LogP contribution in [-0.2, 0) is 33.8 Å². The van der Waals surface area contributed by atoms with Crippen LogP contribution in [0.25, 0.3) is 6.08 Å². The number of Topliss-reactive ketones (excluding diaryl/α,β-unsaturated/α-hetero) is 1. The van der Waals surface area contributed by atoms with Crippen LogP contribution >= 0.6 is 0 Å². The van der Waals surface area contributed by atoms with E-state index in [-0.39, 0.29) is 36.9 Å². The summed E-state index contributed by atoms with van der Waals surface area (Å²) in [5.41, 5.74) is 3.98. The average molecular weight is 545 g/mol. The summed E-state index contributed by atoms with van der Waals surface area (Å²) in [6, 6.07) is 18.7. The Morgan fingerprint density at radius 3 is 2.75 bits per heavy atom. The second-order valence-electron chi connectivity index (χ2n) is 10.2. The molecule has 0 amide bonds. The fourth-order valence-electron chi connectivity index (χ4n) is 4.81. The molecule has 2 aromatic carbocycles. The maximum Gasteiger partial charge on any atom is 0.313 e. The SMILES string of the molecule is COC(=O)CC(=O)C[C@@H](/C=C/c1ccc(OCc2ccccc2)c(F)c1)CCCCc1ccc2c(n1)NCCC2. The number of fused-ring (bicyclic) bond motifs is 1. The second-order valence-corrected chi connectivity index (χ2v) is 10.2. The van der Waals surface area contributed by atoms with Crippen molar-refractivity contribution in [3.05, 3.63) is 94.9 Å². The molecule has 0 spiro atoms. The van der Waals surface area contributed by atoms with E-state index < -0.39 is 11.8 Å². The lowest BCUT2D eigenvalue weighted by Gasteiger charge is -2.17. The zero-order valence-electron chi connectivity index (χ0n) is 23.0. The van der Waals surface area contributed by atoms with Crippen molar-refractivity contribution in [2.24, 2.45) is 5.92 Å². The monoisotopic (exact) mass is 544 g/mol. The predicted octanol–water partition coefficient (Wildman–Crippen LogP) is 6.72. The zero-order valence-corrected chi connectivity index (χ0v) is 23.0. The molecule has 1 aliphatic heterocycles. The van der Waals surface area contributed by atoms with Crippen molar-refractivity contribution in [1.82, 2.24) is 4.98 Å². The van der Waals surface area contributed by atoms with Crippen LogP contribution in [0.4, 0.5) is 10.2 Å². The van der Waals surface area contributed by atoms with E-state index in [0.29, 0.717) is 5.56 Å². The highest BCUT2D eigenvalue weighted by Gasteiger charge is 2.16. The van der Waals surface area contributed by atoms with Gasteiger partial charge in [-0.1, -0.05) is 61.0 Å². The molecule has 6 nitrogen and oxygen atoms in total. The van der Waals surface area contributed by atoms with Gasteiger partial charge in [0, 0.05) is 18.7 Å². The summed E-state index contributed by atoms with van der Waals surface area (Å²) in [5.74, 6) is -0.0259. The molecule has 0 radical (unpaired) electrons. The topological polar surface area (TPSA) is 77.5 Å². The second kappa shape index (κ2) is 15.0. The number of benzene rings is 2. The standard InChI is InChI=1S/C33H37FN2O4/c1-39-32(38)22-29(37)20-24(8-5-6-12-28-17-16-27-11-7-19-35-33(27)36-28)13-14-25-15-18-31(30(34)21-25)40-23-26-9-3-2-4-10-26/h2-4,9-10,13-18,21,24H,5-8,11-12,19-20,22-23H2,1H3,(H,35,36)/b14-13+/t24-/m1/s1. The summed E-state index contributed by atoms with van der Waals surface area (Å²) in [6.07, 6.45) is 9.42. The molecule has 0 saturated heterocycles. The van der Waals surface area contributed by atoms with Crippen LogP contribution in [0, 0.1) is 11.7 Å². The average Bonchev–Trinajstić information content (AvgIpc) is 2.97. The summed E-state index contributed by atoms with van der Waals surface area (Å²) >= 11 is 0. The third-order valence-corrected chi connectivity index (χ3v) is 7.02. The number of rotatable bonds is 14. The number of nitrogens with zero attached hydrogens (tertiary/aromatic N) is 1. The van der Waals surface area contributed by atoms with E-state index in [9.17, 15) is 14.0 Å². The highest BCUT2D eigenvalue weighted by Crippen LogP contribution is 2.24. The molecule has 2 heterocycles. The number of methoxy groups -OCH3 is 1. The lowest BCUT2D eigenvalue weighted by molar-refractivity contribution is -0.143. The number of carbonyl (C=O) groups is 2. The molecule has 0 fully saturated rings. The van der Waals surface area contributed by atoms with Gasteiger partial charge in [-0.2, -0.15) is 0 Å². The van der Waals surface area contributed by atoms with Crippen LogP contribution < -0.4 is 10.1 Å². The summed E-state index contributed by atoms with van der Waals surface area (Å²) in [7, 11) is 1.28. The van der Waals surface area contributed by atoms with E-state index >= 15 is 0 Å². The number of ether oxygens (including phenoxy) is 2. The predicted molar refractivity (Wildman–Crippen MR) is 155 cm³/mol. The number of allylic oxidation sites excluding steroid dienone is 1. The van der Waals surface area contributed by atoms with Gasteiger partial charge in [-0.15, -0.1) is 0 Å². The molecule has 1 atom stereocenters. The van der Waals surface area contributed by atoms with Crippen LogP contribution in [-0.4, -0.2) is 30.4 Å². The van der Waals surface area contributed by atoms with Crippen molar-refractivity contribution in [1.29, 1.82) is 0 Å². The molecule has 0 aliphatic carbocycles. The number of nitrogens with one attached hydrogen (secondary N) is 1. The Bertz CT molecular complexity index is 1310. The van der Waals surface area contributed by atoms with Crippen molar-refractivity contribution >= 4 is 23.6 Å². The number of hydrogen-bond acceptors (Lipinski definition) is 6. The Morgan fingerprint density at radius 1 is 1.10 bits per heavy atom. The maximum absolute atomic E-state index is 14.7. The van der Waals surface area contributed by atoms with Crippen LogP contribution in [0.5, 0.6) is 5.75 Å². The highest BCUT2D eigenvalue weighted by atomic mass is 19.1. The number of ketones is 1. The molecule has 1 N–H and O–H groups in total. The molecule has 40 heavy (non-hydrogen) atoms. The number of aromatic nitrogens is 1. The summed E-state index contributed by atoms with van der Waals surface area (Å²) in [5, 5.41) is 3.38. The molecule has 3 aromatic rings. The number of pyridine rings is 1. The van der Waals surface area contributed by atoms with Crippen molar-refractivity contribution in [2.75, 3.05) is 19.0 Å². The first-order valence-electron chi connectivity index (χ1n) is 14.0. The van der Waals surface area contributed by atoms with Gasteiger partial charge in [-0.25, -0.2) is 9.37 Å². The number of aryl methyl sites for hydroxylation is 2. The minimum Gasteiger partial charge on any atom is -0.486 e. The van der Waals surface area contributed by atoms with E-state index in [1.807, 2.05) is 42.5 Å². The molecule has 0 saturated carbocycles. The third-order valence-electron chi connectivity index (χ3n) is 7.02. The van der Waals surface area contributed by atoms with E-state index in [2.05, 4.69) is 22.2 Å². The first-order valence-corrected chi connectivity index (χ1v) is 14.0. The van der Waals surface area contributed by atoms with Crippen LogP contribution in [0.1, 0.15) is 60.9 Å². The lowest BCUT2D eigenvalue weighted by atomic mass is 9.93. The molecule has 4 rings (SSSR count). The van der Waals surface area contributed by atoms with E-state index in [0.717, 1.165) is 62.1 Å². The Balaban J connectivity index is 1.33. The van der Waals surface area contributed by atoms with Gasteiger partial charge in [-0.05, 0) is 72.9 Å². The van der Waals surface area contributed by atoms with E-state index in [1.54, 1.807) is 12.1 Å². The Hall–Kier alpha value is -4.00. The summed E-state index contributed by atoms with van der Waals surface area (Å²) in [4.78, 5) is 28.8. The van der Waals surface area contributed by atoms with Crippen molar-refractivity contribution in [3.8, 4) is 5.75 Å². The molecular formula is C33H37FN2O4. The number of esters is 1. The number of hydrogen-bond donors (Lipinski definition) is 1. The largest absolute Gasteiger partial charge is 0.486 e. The first kappa shape index (κ1) is 29.0. The van der Waals surface area contributed by atoms with Gasteiger partial charge in [0.25, 0.3) is 0 Å². The van der Waals surface area contributed by atoms with Gasteiger partial charge in [0.05, 0.1) is 7.11 Å². The fraction of sp³-hybridized carbons (Fsp3) is 0.364. The van der Waals surface area contributed by atoms with Crippen LogP contribution in [0.2, 0.25) is 0 Å². The van der Waals surface area contributed by atoms with Crippen LogP contribution in [0.3, 0.4) is 0 Å².